The normalized spacial score (nSPS) is 10.3. The van der Waals surface area contributed by atoms with Crippen molar-refractivity contribution in [1.82, 2.24) is 0 Å². The van der Waals surface area contributed by atoms with E-state index in [0.29, 0.717) is 5.56 Å². The lowest BCUT2D eigenvalue weighted by atomic mass is 10.1. The van der Waals surface area contributed by atoms with Gasteiger partial charge in [0.25, 0.3) is 0 Å². The van der Waals surface area contributed by atoms with Crippen LogP contribution in [0.3, 0.4) is 0 Å². The number of ether oxygens (including phenoxy) is 1. The van der Waals surface area contributed by atoms with Gasteiger partial charge in [-0.2, -0.15) is 0 Å². The zero-order valence-electron chi connectivity index (χ0n) is 9.49. The average Bonchev–Trinajstić information content (AvgIpc) is 2.69. The van der Waals surface area contributed by atoms with Gasteiger partial charge >= 0.3 is 0 Å². The number of ketones is 1. The summed E-state index contributed by atoms with van der Waals surface area (Å²) in [6.07, 6.45) is 0. The number of halogens is 1. The molecule has 2 rings (SSSR count). The Labute approximate surface area is 112 Å². The van der Waals surface area contributed by atoms with Gasteiger partial charge in [-0.15, -0.1) is 11.3 Å². The van der Waals surface area contributed by atoms with Crippen molar-refractivity contribution in [1.29, 1.82) is 0 Å². The van der Waals surface area contributed by atoms with Crippen LogP contribution in [-0.2, 0) is 0 Å². The van der Waals surface area contributed by atoms with Gasteiger partial charge in [0, 0.05) is 14.9 Å². The maximum Gasteiger partial charge on any atom is 0.202 e. The lowest BCUT2D eigenvalue weighted by Gasteiger charge is -2.01. The Bertz CT molecular complexity index is 524. The van der Waals surface area contributed by atoms with E-state index in [1.807, 2.05) is 13.0 Å². The Balaban J connectivity index is 2.30. The van der Waals surface area contributed by atoms with E-state index in [9.17, 15) is 4.79 Å². The Kier molecular flexibility index (Phi) is 3.64. The Morgan fingerprint density at radius 2 is 1.94 bits per heavy atom. The summed E-state index contributed by atoms with van der Waals surface area (Å²) >= 11 is 4.92. The van der Waals surface area contributed by atoms with Gasteiger partial charge in [-0.3, -0.25) is 4.79 Å². The van der Waals surface area contributed by atoms with Crippen molar-refractivity contribution in [2.75, 3.05) is 7.11 Å². The lowest BCUT2D eigenvalue weighted by molar-refractivity contribution is 0.104. The second-order valence-corrected chi connectivity index (χ2v) is 5.68. The number of hydrogen-bond acceptors (Lipinski definition) is 3. The van der Waals surface area contributed by atoms with Crippen molar-refractivity contribution in [3.05, 3.63) is 50.1 Å². The van der Waals surface area contributed by atoms with Gasteiger partial charge in [0.15, 0.2) is 0 Å². The molecule has 2 nitrogen and oxygen atoms in total. The van der Waals surface area contributed by atoms with E-state index < -0.39 is 0 Å². The topological polar surface area (TPSA) is 26.3 Å². The van der Waals surface area contributed by atoms with Gasteiger partial charge in [0.2, 0.25) is 5.78 Å². The first-order valence-electron chi connectivity index (χ1n) is 5.06. The summed E-state index contributed by atoms with van der Waals surface area (Å²) in [5.41, 5.74) is 0.680. The summed E-state index contributed by atoms with van der Waals surface area (Å²) < 4.78 is 6.05. The maximum absolute atomic E-state index is 12.2. The van der Waals surface area contributed by atoms with Crippen LogP contribution in [0.25, 0.3) is 0 Å². The molecule has 1 aromatic heterocycles. The predicted octanol–water partition coefficient (Wildman–Crippen LogP) is 4.06. The number of rotatable bonds is 3. The highest BCUT2D eigenvalue weighted by molar-refractivity contribution is 9.10. The van der Waals surface area contributed by atoms with E-state index in [4.69, 9.17) is 4.74 Å². The van der Waals surface area contributed by atoms with Crippen LogP contribution in [0, 0.1) is 6.92 Å². The quantitative estimate of drug-likeness (QED) is 0.799. The summed E-state index contributed by atoms with van der Waals surface area (Å²) in [4.78, 5) is 14.0. The van der Waals surface area contributed by atoms with Crippen LogP contribution in [0.15, 0.2) is 34.8 Å². The molecule has 17 heavy (non-hydrogen) atoms. The van der Waals surface area contributed by atoms with Gasteiger partial charge in [-0.05, 0) is 53.2 Å². The van der Waals surface area contributed by atoms with E-state index in [1.54, 1.807) is 31.4 Å². The maximum atomic E-state index is 12.2. The SMILES string of the molecule is COc1ccc(C(=O)c2cc(Br)c(C)s2)cc1. The molecule has 2 aromatic rings. The van der Waals surface area contributed by atoms with Crippen LogP contribution in [0.2, 0.25) is 0 Å². The minimum atomic E-state index is 0.0476. The van der Waals surface area contributed by atoms with Gasteiger partial charge in [-0.1, -0.05) is 0 Å². The van der Waals surface area contributed by atoms with E-state index >= 15 is 0 Å². The number of aryl methyl sites for hydroxylation is 1. The largest absolute Gasteiger partial charge is 0.497 e. The standard InChI is InChI=1S/C13H11BrO2S/c1-8-11(14)7-12(17-8)13(15)9-3-5-10(16-2)6-4-9/h3-7H,1-2H3. The predicted molar refractivity (Wildman–Crippen MR) is 73.2 cm³/mol. The number of benzene rings is 1. The molecule has 0 aliphatic rings. The fourth-order valence-electron chi connectivity index (χ4n) is 1.46. The van der Waals surface area contributed by atoms with E-state index in [1.165, 1.54) is 11.3 Å². The minimum Gasteiger partial charge on any atom is -0.497 e. The third-order valence-electron chi connectivity index (χ3n) is 2.43. The zero-order chi connectivity index (χ0) is 12.4. The molecule has 0 aliphatic heterocycles. The van der Waals surface area contributed by atoms with Crippen molar-refractivity contribution in [3.8, 4) is 5.75 Å². The second-order valence-electron chi connectivity index (χ2n) is 3.57. The van der Waals surface area contributed by atoms with E-state index in [0.717, 1.165) is 20.0 Å². The summed E-state index contributed by atoms with van der Waals surface area (Å²) in [7, 11) is 1.61. The van der Waals surface area contributed by atoms with Crippen molar-refractivity contribution in [2.45, 2.75) is 6.92 Å². The molecule has 0 N–H and O–H groups in total. The molecule has 0 saturated carbocycles. The molecule has 0 amide bonds. The molecule has 0 unspecified atom stereocenters. The molecule has 0 atom stereocenters. The van der Waals surface area contributed by atoms with E-state index in [-0.39, 0.29) is 5.78 Å². The minimum absolute atomic E-state index is 0.0476. The van der Waals surface area contributed by atoms with Gasteiger partial charge in [0.05, 0.1) is 12.0 Å². The van der Waals surface area contributed by atoms with Crippen molar-refractivity contribution < 1.29 is 9.53 Å². The second kappa shape index (κ2) is 5.02. The number of thiophene rings is 1. The molecule has 0 spiro atoms. The fraction of sp³-hybridized carbons (Fsp3) is 0.154. The third kappa shape index (κ3) is 2.58. The van der Waals surface area contributed by atoms with Crippen LogP contribution in [0.5, 0.6) is 5.75 Å². The first-order valence-corrected chi connectivity index (χ1v) is 6.67. The number of carbonyl (C=O) groups is 1. The van der Waals surface area contributed by atoms with Crippen LogP contribution < -0.4 is 4.74 Å². The fourth-order valence-corrected chi connectivity index (χ4v) is 2.95. The van der Waals surface area contributed by atoms with Crippen molar-refractivity contribution >= 4 is 33.0 Å². The summed E-state index contributed by atoms with van der Waals surface area (Å²) in [6, 6.07) is 9.02. The third-order valence-corrected chi connectivity index (χ3v) is 4.57. The van der Waals surface area contributed by atoms with Gasteiger partial charge in [-0.25, -0.2) is 0 Å². The lowest BCUT2D eigenvalue weighted by Crippen LogP contribution is -1.98. The molecule has 1 aromatic carbocycles. The Hall–Kier alpha value is -1.13. The van der Waals surface area contributed by atoms with Crippen LogP contribution in [0.1, 0.15) is 20.1 Å². The molecule has 0 fully saturated rings. The Morgan fingerprint density at radius 1 is 1.29 bits per heavy atom. The molecular weight excluding hydrogens is 300 g/mol. The molecule has 0 aliphatic carbocycles. The smallest absolute Gasteiger partial charge is 0.202 e. The molecule has 88 valence electrons. The molecular formula is C13H11BrO2S. The summed E-state index contributed by atoms with van der Waals surface area (Å²) in [5, 5.41) is 0. The highest BCUT2D eigenvalue weighted by Crippen LogP contribution is 2.28. The number of carbonyl (C=O) groups excluding carboxylic acids is 1. The first kappa shape index (κ1) is 12.3. The molecule has 0 saturated heterocycles. The Morgan fingerprint density at radius 3 is 2.41 bits per heavy atom. The molecule has 0 radical (unpaired) electrons. The van der Waals surface area contributed by atoms with Gasteiger partial charge < -0.3 is 4.74 Å². The molecule has 1 heterocycles. The van der Waals surface area contributed by atoms with Crippen molar-refractivity contribution in [3.63, 3.8) is 0 Å². The average molecular weight is 311 g/mol. The monoisotopic (exact) mass is 310 g/mol. The van der Waals surface area contributed by atoms with Crippen molar-refractivity contribution in [2.24, 2.45) is 0 Å². The highest BCUT2D eigenvalue weighted by Gasteiger charge is 2.13. The number of hydrogen-bond donors (Lipinski definition) is 0. The van der Waals surface area contributed by atoms with E-state index in [2.05, 4.69) is 15.9 Å². The summed E-state index contributed by atoms with van der Waals surface area (Å²) in [5.74, 6) is 0.802. The molecule has 0 bridgehead atoms. The summed E-state index contributed by atoms with van der Waals surface area (Å²) in [6.45, 7) is 1.99. The van der Waals surface area contributed by atoms with Crippen LogP contribution in [-0.4, -0.2) is 12.9 Å². The van der Waals surface area contributed by atoms with Crippen LogP contribution >= 0.6 is 27.3 Å². The van der Waals surface area contributed by atoms with Gasteiger partial charge in [0.1, 0.15) is 5.75 Å². The number of methoxy groups -OCH3 is 1. The first-order chi connectivity index (χ1) is 8.11. The van der Waals surface area contributed by atoms with Crippen LogP contribution in [0.4, 0.5) is 0 Å². The highest BCUT2D eigenvalue weighted by atomic mass is 79.9. The molecule has 4 heteroatoms. The zero-order valence-corrected chi connectivity index (χ0v) is 11.9.